The Kier molecular flexibility index (Phi) is 6.30. The molecule has 0 spiro atoms. The van der Waals surface area contributed by atoms with Gasteiger partial charge in [0, 0.05) is 0 Å². The summed E-state index contributed by atoms with van der Waals surface area (Å²) in [5.41, 5.74) is 6.42. The van der Waals surface area contributed by atoms with Gasteiger partial charge in [-0.2, -0.15) is 0 Å². The number of rotatable bonds is 5. The van der Waals surface area contributed by atoms with Crippen molar-refractivity contribution in [2.75, 3.05) is 4.90 Å². The van der Waals surface area contributed by atoms with Crippen molar-refractivity contribution >= 4 is 73.1 Å². The van der Waals surface area contributed by atoms with Crippen molar-refractivity contribution in [3.8, 4) is 17.1 Å². The molecular weight excluding hydrogens is 629 g/mol. The fraction of sp³-hybridized carbons (Fsp3) is 0.0250. The normalized spacial score (nSPS) is 11.6. The molecule has 0 saturated heterocycles. The summed E-state index contributed by atoms with van der Waals surface area (Å²) in [5.74, 6) is 2.46. The molecule has 0 N–H and O–H groups in total. The molecule has 0 saturated carbocycles. The van der Waals surface area contributed by atoms with E-state index in [4.69, 9.17) is 15.0 Å². The summed E-state index contributed by atoms with van der Waals surface area (Å²) in [4.78, 5) is 17.7. The van der Waals surface area contributed by atoms with Crippen LogP contribution < -0.4 is 4.90 Å². The number of nitrogens with zero attached hydrogens (tertiary/aromatic N) is 5. The van der Waals surface area contributed by atoms with Crippen LogP contribution in [-0.4, -0.2) is 34.0 Å². The van der Waals surface area contributed by atoms with Gasteiger partial charge in [0.1, 0.15) is 0 Å². The van der Waals surface area contributed by atoms with Gasteiger partial charge in [-0.05, 0) is 0 Å². The Balaban J connectivity index is 1.22. The zero-order chi connectivity index (χ0) is 30.6. The first-order valence-corrected chi connectivity index (χ1v) is 17.0. The van der Waals surface area contributed by atoms with E-state index in [9.17, 15) is 0 Å². The number of hydrogen-bond donors (Lipinski definition) is 0. The molecule has 5 heterocycles. The monoisotopic (exact) mass is 657 g/mol. The second-order valence-electron chi connectivity index (χ2n) is 11.4. The molecule has 0 atom stereocenters. The minimum absolute atomic E-state index is 0.113. The number of aryl methyl sites for hydroxylation is 1. The SMILES string of the molecule is Cc1ccc2c(n1)[se]c1c(-c3cccc(N(c4ccccc4)c4cccc(-n5c6ccccc6c6ccccc65)n4)n3)cccc12. The van der Waals surface area contributed by atoms with E-state index in [-0.39, 0.29) is 14.5 Å². The van der Waals surface area contributed by atoms with E-state index >= 15 is 0 Å². The van der Waals surface area contributed by atoms with Crippen molar-refractivity contribution in [3.63, 3.8) is 0 Å². The van der Waals surface area contributed by atoms with Crippen molar-refractivity contribution < 1.29 is 0 Å². The Morgan fingerprint density at radius 3 is 1.96 bits per heavy atom. The molecule has 0 fully saturated rings. The minimum atomic E-state index is 0.113. The van der Waals surface area contributed by atoms with E-state index in [0.717, 1.165) is 51.1 Å². The zero-order valence-electron chi connectivity index (χ0n) is 25.0. The van der Waals surface area contributed by atoms with Gasteiger partial charge in [-0.1, -0.05) is 36.4 Å². The molecule has 218 valence electrons. The average molecular weight is 657 g/mol. The number of anilines is 3. The van der Waals surface area contributed by atoms with E-state index in [1.165, 1.54) is 30.2 Å². The molecule has 0 radical (unpaired) electrons. The van der Waals surface area contributed by atoms with Crippen LogP contribution in [0.1, 0.15) is 5.69 Å². The Labute approximate surface area is 271 Å². The molecule has 0 unspecified atom stereocenters. The van der Waals surface area contributed by atoms with Gasteiger partial charge >= 0.3 is 236 Å². The van der Waals surface area contributed by atoms with Crippen molar-refractivity contribution in [2.24, 2.45) is 0 Å². The Bertz CT molecular complexity index is 2510. The second kappa shape index (κ2) is 10.8. The summed E-state index contributed by atoms with van der Waals surface area (Å²) in [6.45, 7) is 2.06. The van der Waals surface area contributed by atoms with Crippen molar-refractivity contribution in [2.45, 2.75) is 6.92 Å². The van der Waals surface area contributed by atoms with Crippen LogP contribution in [0.5, 0.6) is 0 Å². The molecule has 0 aliphatic heterocycles. The van der Waals surface area contributed by atoms with Crippen LogP contribution >= 0.6 is 0 Å². The molecule has 9 aromatic rings. The summed E-state index contributed by atoms with van der Waals surface area (Å²) < 4.78 is 4.79. The van der Waals surface area contributed by atoms with Crippen molar-refractivity contribution in [1.82, 2.24) is 19.5 Å². The predicted molar refractivity (Wildman–Crippen MR) is 191 cm³/mol. The quantitative estimate of drug-likeness (QED) is 0.173. The Hall–Kier alpha value is -5.55. The van der Waals surface area contributed by atoms with E-state index in [1.54, 1.807) is 0 Å². The van der Waals surface area contributed by atoms with Crippen molar-refractivity contribution in [3.05, 3.63) is 151 Å². The van der Waals surface area contributed by atoms with Crippen LogP contribution in [0.2, 0.25) is 0 Å². The van der Waals surface area contributed by atoms with Gasteiger partial charge in [-0.25, -0.2) is 0 Å². The van der Waals surface area contributed by atoms with Crippen LogP contribution in [0.15, 0.2) is 146 Å². The molecule has 46 heavy (non-hydrogen) atoms. The third kappa shape index (κ3) is 4.34. The van der Waals surface area contributed by atoms with Crippen molar-refractivity contribution in [1.29, 1.82) is 0 Å². The predicted octanol–water partition coefficient (Wildman–Crippen LogP) is 9.78. The molecule has 0 aliphatic rings. The maximum atomic E-state index is 5.31. The first-order valence-electron chi connectivity index (χ1n) is 15.3. The summed E-state index contributed by atoms with van der Waals surface area (Å²) >= 11 is 0.113. The number of pyridine rings is 3. The second-order valence-corrected chi connectivity index (χ2v) is 13.5. The van der Waals surface area contributed by atoms with Crippen LogP contribution in [-0.2, 0) is 0 Å². The fourth-order valence-electron chi connectivity index (χ4n) is 6.46. The van der Waals surface area contributed by atoms with Gasteiger partial charge in [0.25, 0.3) is 0 Å². The average Bonchev–Trinajstić information content (AvgIpc) is 3.64. The summed E-state index contributed by atoms with van der Waals surface area (Å²) in [6, 6.07) is 50.8. The molecule has 9 rings (SSSR count). The first kappa shape index (κ1) is 26.8. The van der Waals surface area contributed by atoms with Gasteiger partial charge < -0.3 is 0 Å². The van der Waals surface area contributed by atoms with Gasteiger partial charge in [0.15, 0.2) is 0 Å². The molecule has 0 aliphatic carbocycles. The van der Waals surface area contributed by atoms with Gasteiger partial charge in [0.05, 0.1) is 0 Å². The molecule has 6 heteroatoms. The molecule has 5 aromatic heterocycles. The first-order chi connectivity index (χ1) is 22.7. The molecular formula is C40H27N5Se. The van der Waals surface area contributed by atoms with Crippen LogP contribution in [0.3, 0.4) is 0 Å². The molecule has 5 nitrogen and oxygen atoms in total. The van der Waals surface area contributed by atoms with E-state index in [0.29, 0.717) is 0 Å². The number of aromatic nitrogens is 4. The van der Waals surface area contributed by atoms with Gasteiger partial charge in [-0.15, -0.1) is 0 Å². The third-order valence-corrected chi connectivity index (χ3v) is 10.9. The van der Waals surface area contributed by atoms with Crippen LogP contribution in [0.25, 0.3) is 58.3 Å². The summed E-state index contributed by atoms with van der Waals surface area (Å²) in [7, 11) is 0. The number of para-hydroxylation sites is 3. The van der Waals surface area contributed by atoms with E-state index < -0.39 is 0 Å². The Morgan fingerprint density at radius 2 is 1.17 bits per heavy atom. The fourth-order valence-corrected chi connectivity index (χ4v) is 9.07. The summed E-state index contributed by atoms with van der Waals surface area (Å²) in [5, 5.41) is 4.94. The van der Waals surface area contributed by atoms with Gasteiger partial charge in [-0.3, -0.25) is 0 Å². The van der Waals surface area contributed by atoms with Gasteiger partial charge in [0.2, 0.25) is 0 Å². The van der Waals surface area contributed by atoms with Crippen LogP contribution in [0.4, 0.5) is 17.3 Å². The molecule has 0 bridgehead atoms. The zero-order valence-corrected chi connectivity index (χ0v) is 26.7. The standard InChI is InChI=1S/C40H27N5Se/c1-26-24-25-31-30-16-9-17-32(39(30)46-40(31)41-26)33-18-10-21-36(42-33)44(27-12-3-2-4-13-27)37-22-11-23-38(43-37)45-34-19-7-5-14-28(34)29-15-6-8-20-35(29)45/h2-25H,1H3. The maximum absolute atomic E-state index is 5.31. The molecule has 0 amide bonds. The summed E-state index contributed by atoms with van der Waals surface area (Å²) in [6.07, 6.45) is 0. The third-order valence-electron chi connectivity index (χ3n) is 8.52. The topological polar surface area (TPSA) is 46.8 Å². The van der Waals surface area contributed by atoms with Crippen LogP contribution in [0, 0.1) is 6.92 Å². The molecule has 4 aromatic carbocycles. The van der Waals surface area contributed by atoms with E-state index in [2.05, 4.69) is 156 Å². The number of hydrogen-bond acceptors (Lipinski definition) is 4. The Morgan fingerprint density at radius 1 is 0.522 bits per heavy atom. The van der Waals surface area contributed by atoms with E-state index in [1.807, 2.05) is 6.07 Å². The number of benzene rings is 4. The number of fused-ring (bicyclic) bond motifs is 6.